The lowest BCUT2D eigenvalue weighted by Crippen LogP contribution is -1.86. The van der Waals surface area contributed by atoms with Crippen molar-refractivity contribution in [2.45, 2.75) is 26.7 Å². The molecule has 0 atom stereocenters. The van der Waals surface area contributed by atoms with Crippen LogP contribution in [0.2, 0.25) is 0 Å². The Bertz CT molecular complexity index is 145. The predicted octanol–water partition coefficient (Wildman–Crippen LogP) is 2.41. The molecule has 0 aliphatic carbocycles. The number of aliphatic imine (C=N–C) groups is 1. The SMILES string of the molecule is CCCC(C)=N/C=C\C=N. The molecule has 0 radical (unpaired) electrons. The molecule has 0 amide bonds. The molecule has 2 heteroatoms. The minimum atomic E-state index is 1.04. The summed E-state index contributed by atoms with van der Waals surface area (Å²) in [6.45, 7) is 4.12. The van der Waals surface area contributed by atoms with Crippen molar-refractivity contribution in [2.24, 2.45) is 4.99 Å². The first-order valence-electron chi connectivity index (χ1n) is 3.50. The van der Waals surface area contributed by atoms with E-state index in [1.807, 2.05) is 6.92 Å². The molecule has 0 aliphatic rings. The molecule has 0 heterocycles. The van der Waals surface area contributed by atoms with Crippen LogP contribution in [-0.2, 0) is 0 Å². The Hall–Kier alpha value is -0.920. The van der Waals surface area contributed by atoms with E-state index in [1.54, 1.807) is 12.3 Å². The van der Waals surface area contributed by atoms with Gasteiger partial charge in [-0.25, -0.2) is 0 Å². The molecule has 0 aromatic rings. The van der Waals surface area contributed by atoms with E-state index in [0.29, 0.717) is 0 Å². The molecule has 1 N–H and O–H groups in total. The van der Waals surface area contributed by atoms with Gasteiger partial charge in [0.1, 0.15) is 0 Å². The zero-order valence-electron chi connectivity index (χ0n) is 6.59. The van der Waals surface area contributed by atoms with Gasteiger partial charge in [-0.05, 0) is 19.4 Å². The van der Waals surface area contributed by atoms with Crippen molar-refractivity contribution in [3.63, 3.8) is 0 Å². The number of allylic oxidation sites excluding steroid dienone is 1. The van der Waals surface area contributed by atoms with Gasteiger partial charge in [0.15, 0.2) is 0 Å². The monoisotopic (exact) mass is 138 g/mol. The highest BCUT2D eigenvalue weighted by Gasteiger charge is 1.83. The van der Waals surface area contributed by atoms with Crippen molar-refractivity contribution in [3.8, 4) is 0 Å². The molecule has 0 aliphatic heterocycles. The van der Waals surface area contributed by atoms with Gasteiger partial charge in [-0.15, -0.1) is 0 Å². The van der Waals surface area contributed by atoms with E-state index in [1.165, 1.54) is 6.21 Å². The molecule has 56 valence electrons. The van der Waals surface area contributed by atoms with Crippen LogP contribution < -0.4 is 0 Å². The Labute approximate surface area is 62.2 Å². The van der Waals surface area contributed by atoms with Crippen molar-refractivity contribution < 1.29 is 0 Å². The normalized spacial score (nSPS) is 12.4. The van der Waals surface area contributed by atoms with E-state index in [2.05, 4.69) is 11.9 Å². The van der Waals surface area contributed by atoms with Gasteiger partial charge in [0.05, 0.1) is 0 Å². The quantitative estimate of drug-likeness (QED) is 0.579. The van der Waals surface area contributed by atoms with Crippen LogP contribution in [0.1, 0.15) is 26.7 Å². The van der Waals surface area contributed by atoms with Crippen LogP contribution in [0.25, 0.3) is 0 Å². The zero-order valence-corrected chi connectivity index (χ0v) is 6.59. The van der Waals surface area contributed by atoms with Gasteiger partial charge < -0.3 is 5.41 Å². The smallest absolute Gasteiger partial charge is 0.0282 e. The Balaban J connectivity index is 3.67. The molecule has 0 unspecified atom stereocenters. The van der Waals surface area contributed by atoms with Gasteiger partial charge in [-0.3, -0.25) is 4.99 Å². The summed E-state index contributed by atoms with van der Waals surface area (Å²) in [5, 5.41) is 6.67. The maximum atomic E-state index is 6.67. The second-order valence-corrected chi connectivity index (χ2v) is 2.12. The van der Waals surface area contributed by atoms with Crippen LogP contribution in [0, 0.1) is 5.41 Å². The maximum Gasteiger partial charge on any atom is 0.0282 e. The van der Waals surface area contributed by atoms with E-state index in [0.717, 1.165) is 18.6 Å². The third-order valence-corrected chi connectivity index (χ3v) is 1.09. The zero-order chi connectivity index (χ0) is 7.82. The minimum absolute atomic E-state index is 1.04. The van der Waals surface area contributed by atoms with Crippen LogP contribution >= 0.6 is 0 Å². The summed E-state index contributed by atoms with van der Waals surface area (Å²) in [4.78, 5) is 4.09. The number of nitrogens with zero attached hydrogens (tertiary/aromatic N) is 1. The summed E-state index contributed by atoms with van der Waals surface area (Å²) in [6.07, 6.45) is 6.66. The average Bonchev–Trinajstić information content (AvgIpc) is 1.89. The highest BCUT2D eigenvalue weighted by molar-refractivity contribution is 5.82. The van der Waals surface area contributed by atoms with Gasteiger partial charge in [0.25, 0.3) is 0 Å². The van der Waals surface area contributed by atoms with E-state index >= 15 is 0 Å². The van der Waals surface area contributed by atoms with Crippen LogP contribution in [0.5, 0.6) is 0 Å². The van der Waals surface area contributed by atoms with E-state index in [-0.39, 0.29) is 0 Å². The summed E-state index contributed by atoms with van der Waals surface area (Å²) in [5.41, 5.74) is 1.13. The molecule has 0 spiro atoms. The van der Waals surface area contributed by atoms with E-state index < -0.39 is 0 Å². The fourth-order valence-electron chi connectivity index (χ4n) is 0.640. The van der Waals surface area contributed by atoms with Crippen molar-refractivity contribution in [1.29, 1.82) is 5.41 Å². The number of rotatable bonds is 4. The Morgan fingerprint density at radius 1 is 1.60 bits per heavy atom. The lowest BCUT2D eigenvalue weighted by molar-refractivity contribution is 0.987. The predicted molar refractivity (Wildman–Crippen MR) is 45.9 cm³/mol. The third-order valence-electron chi connectivity index (χ3n) is 1.09. The topological polar surface area (TPSA) is 36.2 Å². The molecule has 0 aromatic heterocycles. The van der Waals surface area contributed by atoms with Gasteiger partial charge in [-0.2, -0.15) is 0 Å². The Morgan fingerprint density at radius 2 is 2.30 bits per heavy atom. The molecule has 2 nitrogen and oxygen atoms in total. The minimum Gasteiger partial charge on any atom is -0.309 e. The Kier molecular flexibility index (Phi) is 5.63. The summed E-state index contributed by atoms with van der Waals surface area (Å²) in [5.74, 6) is 0. The van der Waals surface area contributed by atoms with Crippen LogP contribution in [-0.4, -0.2) is 11.9 Å². The van der Waals surface area contributed by atoms with Crippen LogP contribution in [0.4, 0.5) is 0 Å². The summed E-state index contributed by atoms with van der Waals surface area (Å²) >= 11 is 0. The maximum absolute atomic E-state index is 6.67. The number of hydrogen-bond donors (Lipinski definition) is 1. The van der Waals surface area contributed by atoms with Crippen LogP contribution in [0.15, 0.2) is 17.3 Å². The molecule has 0 fully saturated rings. The summed E-state index contributed by atoms with van der Waals surface area (Å²) < 4.78 is 0. The van der Waals surface area contributed by atoms with E-state index in [4.69, 9.17) is 5.41 Å². The van der Waals surface area contributed by atoms with Crippen molar-refractivity contribution >= 4 is 11.9 Å². The number of nitrogens with one attached hydrogen (secondary N) is 1. The van der Waals surface area contributed by atoms with Gasteiger partial charge in [-0.1, -0.05) is 13.3 Å². The standard InChI is InChI=1S/C8H14N2/c1-3-5-8(2)10-7-4-6-9/h4,6-7,9H,3,5H2,1-2H3/b7-4-,9-6?,10-8?. The molecule has 0 saturated heterocycles. The largest absolute Gasteiger partial charge is 0.309 e. The van der Waals surface area contributed by atoms with Gasteiger partial charge in [0, 0.05) is 18.1 Å². The van der Waals surface area contributed by atoms with E-state index in [9.17, 15) is 0 Å². The van der Waals surface area contributed by atoms with Crippen molar-refractivity contribution in [1.82, 2.24) is 0 Å². The second kappa shape index (κ2) is 6.20. The van der Waals surface area contributed by atoms with Crippen molar-refractivity contribution in [2.75, 3.05) is 0 Å². The molecule has 0 aromatic carbocycles. The highest BCUT2D eigenvalue weighted by atomic mass is 14.7. The Morgan fingerprint density at radius 3 is 2.80 bits per heavy atom. The first kappa shape index (κ1) is 9.08. The first-order chi connectivity index (χ1) is 4.81. The average molecular weight is 138 g/mol. The lowest BCUT2D eigenvalue weighted by Gasteiger charge is -1.91. The summed E-state index contributed by atoms with van der Waals surface area (Å²) in [6, 6.07) is 0. The van der Waals surface area contributed by atoms with Gasteiger partial charge in [0.2, 0.25) is 0 Å². The molecular weight excluding hydrogens is 124 g/mol. The lowest BCUT2D eigenvalue weighted by atomic mass is 10.2. The molecule has 0 bridgehead atoms. The summed E-state index contributed by atoms with van der Waals surface area (Å²) in [7, 11) is 0. The molecule has 10 heavy (non-hydrogen) atoms. The fourth-order valence-corrected chi connectivity index (χ4v) is 0.640. The van der Waals surface area contributed by atoms with Gasteiger partial charge >= 0.3 is 0 Å². The van der Waals surface area contributed by atoms with Crippen molar-refractivity contribution in [3.05, 3.63) is 12.3 Å². The molecule has 0 saturated carbocycles. The molecule has 0 rings (SSSR count). The highest BCUT2D eigenvalue weighted by Crippen LogP contribution is 1.91. The third kappa shape index (κ3) is 5.22. The fraction of sp³-hybridized carbons (Fsp3) is 0.500. The first-order valence-corrected chi connectivity index (χ1v) is 3.50. The molecular formula is C8H14N2. The number of hydrogen-bond acceptors (Lipinski definition) is 2. The second-order valence-electron chi connectivity index (χ2n) is 2.12. The van der Waals surface area contributed by atoms with Crippen LogP contribution in [0.3, 0.4) is 0 Å².